The maximum atomic E-state index is 10.0. The molecule has 1 rings (SSSR count). The highest BCUT2D eigenvalue weighted by molar-refractivity contribution is 5.69. The second kappa shape index (κ2) is 5.92. The van der Waals surface area contributed by atoms with Gasteiger partial charge in [-0.1, -0.05) is 13.0 Å². The largest absolute Gasteiger partial charge is 0.481 e. The first-order chi connectivity index (χ1) is 5.18. The van der Waals surface area contributed by atoms with E-state index in [0.29, 0.717) is 6.42 Å². The van der Waals surface area contributed by atoms with E-state index < -0.39 is 5.97 Å². The summed E-state index contributed by atoms with van der Waals surface area (Å²) in [6.45, 7) is 7.58. The topological polar surface area (TPSA) is 59.2 Å². The zero-order valence-electron chi connectivity index (χ0n) is 6.84. The quantitative estimate of drug-likeness (QED) is 0.472. The van der Waals surface area contributed by atoms with E-state index in [2.05, 4.69) is 11.9 Å². The molecule has 1 aliphatic heterocycles. The van der Waals surface area contributed by atoms with Gasteiger partial charge in [0, 0.05) is 13.1 Å². The zero-order chi connectivity index (χ0) is 8.69. The Labute approximate surface area is 67.1 Å². The van der Waals surface area contributed by atoms with Crippen LogP contribution in [-0.2, 0) is 4.79 Å². The molecule has 1 unspecified atom stereocenters. The zero-order valence-corrected chi connectivity index (χ0v) is 6.84. The molecule has 0 spiro atoms. The van der Waals surface area contributed by atoms with E-state index >= 15 is 0 Å². The molecule has 0 saturated carbocycles. The van der Waals surface area contributed by atoms with Crippen LogP contribution in [0.4, 0.5) is 0 Å². The summed E-state index contributed by atoms with van der Waals surface area (Å²) in [6, 6.07) is 0. The van der Waals surface area contributed by atoms with Gasteiger partial charge in [-0.2, -0.15) is 0 Å². The summed E-state index contributed by atoms with van der Waals surface area (Å²) in [5.74, 6) is -1.04. The summed E-state index contributed by atoms with van der Waals surface area (Å²) in [5.41, 5.74) is 0. The monoisotopic (exact) mass is 157 g/mol. The molecule has 0 aromatic heterocycles. The van der Waals surface area contributed by atoms with Crippen LogP contribution in [0.1, 0.15) is 13.3 Å². The molecule has 1 saturated heterocycles. The first-order valence-electron chi connectivity index (χ1n) is 3.73. The number of carboxylic acid groups (broad SMARTS) is 1. The second-order valence-corrected chi connectivity index (χ2v) is 2.51. The van der Waals surface area contributed by atoms with Crippen molar-refractivity contribution in [2.75, 3.05) is 13.1 Å². The lowest BCUT2D eigenvalue weighted by Gasteiger charge is -1.97. The van der Waals surface area contributed by atoms with Gasteiger partial charge in [-0.15, -0.1) is 6.58 Å². The average molecular weight is 157 g/mol. The van der Waals surface area contributed by atoms with E-state index in [1.54, 1.807) is 13.0 Å². The van der Waals surface area contributed by atoms with Crippen molar-refractivity contribution in [2.24, 2.45) is 5.92 Å². The van der Waals surface area contributed by atoms with Crippen molar-refractivity contribution < 1.29 is 9.90 Å². The van der Waals surface area contributed by atoms with Gasteiger partial charge in [0.25, 0.3) is 0 Å². The van der Waals surface area contributed by atoms with Crippen LogP contribution in [0.25, 0.3) is 0 Å². The van der Waals surface area contributed by atoms with Crippen LogP contribution in [0.3, 0.4) is 0 Å². The van der Waals surface area contributed by atoms with Gasteiger partial charge in [-0.05, 0) is 6.42 Å². The van der Waals surface area contributed by atoms with E-state index in [9.17, 15) is 4.79 Å². The summed E-state index contributed by atoms with van der Waals surface area (Å²) in [6.07, 6.45) is 2.16. The van der Waals surface area contributed by atoms with Crippen molar-refractivity contribution in [3.8, 4) is 0 Å². The highest BCUT2D eigenvalue weighted by Gasteiger charge is 2.06. The maximum absolute atomic E-state index is 10.0. The summed E-state index contributed by atoms with van der Waals surface area (Å²) >= 11 is 0. The Morgan fingerprint density at radius 1 is 1.82 bits per heavy atom. The van der Waals surface area contributed by atoms with E-state index in [0.717, 1.165) is 0 Å². The lowest BCUT2D eigenvalue weighted by Crippen LogP contribution is -2.07. The Kier molecular flexibility index (Phi) is 5.47. The Balaban J connectivity index is 0.000000271. The van der Waals surface area contributed by atoms with Gasteiger partial charge < -0.3 is 10.4 Å². The lowest BCUT2D eigenvalue weighted by molar-refractivity contribution is -0.140. The van der Waals surface area contributed by atoms with Crippen molar-refractivity contribution in [1.82, 2.24) is 5.32 Å². The SMILES string of the molecule is C1CN1.C=CCC(C)C(=O)O. The van der Waals surface area contributed by atoms with E-state index in [4.69, 9.17) is 5.11 Å². The number of allylic oxidation sites excluding steroid dienone is 1. The van der Waals surface area contributed by atoms with Crippen molar-refractivity contribution in [3.63, 3.8) is 0 Å². The third-order valence-corrected chi connectivity index (χ3v) is 1.19. The minimum Gasteiger partial charge on any atom is -0.481 e. The van der Waals surface area contributed by atoms with Crippen molar-refractivity contribution in [3.05, 3.63) is 12.7 Å². The number of nitrogens with one attached hydrogen (secondary N) is 1. The Morgan fingerprint density at radius 3 is 2.36 bits per heavy atom. The molecule has 0 bridgehead atoms. The Morgan fingerprint density at radius 2 is 2.27 bits per heavy atom. The average Bonchev–Trinajstić information content (AvgIpc) is 2.72. The van der Waals surface area contributed by atoms with Crippen molar-refractivity contribution in [2.45, 2.75) is 13.3 Å². The van der Waals surface area contributed by atoms with Crippen LogP contribution in [0.5, 0.6) is 0 Å². The number of hydrogen-bond acceptors (Lipinski definition) is 2. The predicted octanol–water partition coefficient (Wildman–Crippen LogP) is 0.873. The van der Waals surface area contributed by atoms with Gasteiger partial charge in [0.2, 0.25) is 0 Å². The van der Waals surface area contributed by atoms with Gasteiger partial charge in [0.05, 0.1) is 5.92 Å². The van der Waals surface area contributed by atoms with E-state index in [1.807, 2.05) is 0 Å². The fourth-order valence-electron chi connectivity index (χ4n) is 0.351. The summed E-state index contributed by atoms with van der Waals surface area (Å²) < 4.78 is 0. The minimum absolute atomic E-state index is 0.285. The molecule has 0 amide bonds. The molecule has 0 aromatic carbocycles. The number of aliphatic carboxylic acids is 1. The summed E-state index contributed by atoms with van der Waals surface area (Å²) in [5, 5.41) is 11.3. The van der Waals surface area contributed by atoms with Crippen molar-refractivity contribution in [1.29, 1.82) is 0 Å². The first kappa shape index (κ1) is 10.2. The highest BCUT2D eigenvalue weighted by atomic mass is 16.4. The van der Waals surface area contributed by atoms with Gasteiger partial charge in [0.1, 0.15) is 0 Å². The molecule has 0 aliphatic carbocycles. The van der Waals surface area contributed by atoms with E-state index in [1.165, 1.54) is 13.1 Å². The Bertz CT molecular complexity index is 129. The Hall–Kier alpha value is -0.830. The lowest BCUT2D eigenvalue weighted by atomic mass is 10.1. The van der Waals surface area contributed by atoms with Crippen LogP contribution in [0, 0.1) is 5.92 Å². The highest BCUT2D eigenvalue weighted by Crippen LogP contribution is 2.00. The molecule has 3 nitrogen and oxygen atoms in total. The number of carboxylic acids is 1. The first-order valence-corrected chi connectivity index (χ1v) is 3.73. The molecule has 1 aliphatic rings. The van der Waals surface area contributed by atoms with Crippen LogP contribution in [0.15, 0.2) is 12.7 Å². The van der Waals surface area contributed by atoms with Crippen LogP contribution in [0.2, 0.25) is 0 Å². The fraction of sp³-hybridized carbons (Fsp3) is 0.625. The molecule has 3 heteroatoms. The molecular weight excluding hydrogens is 142 g/mol. The number of carbonyl (C=O) groups is 1. The molecule has 0 aromatic rings. The van der Waals surface area contributed by atoms with Crippen molar-refractivity contribution >= 4 is 5.97 Å². The van der Waals surface area contributed by atoms with Gasteiger partial charge in [0.15, 0.2) is 0 Å². The van der Waals surface area contributed by atoms with Crippen LogP contribution >= 0.6 is 0 Å². The third-order valence-electron chi connectivity index (χ3n) is 1.19. The molecule has 1 heterocycles. The number of rotatable bonds is 3. The molecule has 1 atom stereocenters. The van der Waals surface area contributed by atoms with Gasteiger partial charge >= 0.3 is 5.97 Å². The molecular formula is C8H15NO2. The van der Waals surface area contributed by atoms with E-state index in [-0.39, 0.29) is 5.92 Å². The fourth-order valence-corrected chi connectivity index (χ4v) is 0.351. The number of hydrogen-bond donors (Lipinski definition) is 2. The smallest absolute Gasteiger partial charge is 0.306 e. The molecule has 2 N–H and O–H groups in total. The third kappa shape index (κ3) is 9.17. The maximum Gasteiger partial charge on any atom is 0.306 e. The minimum atomic E-state index is -0.759. The second-order valence-electron chi connectivity index (χ2n) is 2.51. The van der Waals surface area contributed by atoms with Crippen LogP contribution < -0.4 is 5.32 Å². The van der Waals surface area contributed by atoms with Gasteiger partial charge in [-0.25, -0.2) is 0 Å². The summed E-state index contributed by atoms with van der Waals surface area (Å²) in [4.78, 5) is 10.0. The molecule has 0 radical (unpaired) electrons. The molecule has 1 fully saturated rings. The predicted molar refractivity (Wildman–Crippen MR) is 44.5 cm³/mol. The van der Waals surface area contributed by atoms with Crippen LogP contribution in [-0.4, -0.2) is 24.2 Å². The molecule has 64 valence electrons. The molecule has 11 heavy (non-hydrogen) atoms. The normalized spacial score (nSPS) is 15.7. The summed E-state index contributed by atoms with van der Waals surface area (Å²) in [7, 11) is 0. The van der Waals surface area contributed by atoms with Gasteiger partial charge in [-0.3, -0.25) is 4.79 Å². The standard InChI is InChI=1S/C6H10O2.C2H5N/c1-3-4-5(2)6(7)8;1-2-3-1/h3,5H,1,4H2,2H3,(H,7,8);3H,1-2H2.